The predicted octanol–water partition coefficient (Wildman–Crippen LogP) is 4.88. The average Bonchev–Trinajstić information content (AvgIpc) is 2.88. The number of ether oxygens (including phenoxy) is 4. The summed E-state index contributed by atoms with van der Waals surface area (Å²) in [5.41, 5.74) is 1.96. The zero-order valence-corrected chi connectivity index (χ0v) is 19.6. The fourth-order valence-electron chi connectivity index (χ4n) is 3.14. The van der Waals surface area contributed by atoms with Crippen LogP contribution in [0.3, 0.4) is 0 Å². The summed E-state index contributed by atoms with van der Waals surface area (Å²) in [5, 5.41) is 5.31. The van der Waals surface area contributed by atoms with Crippen LogP contribution in [-0.2, 0) is 16.1 Å². The van der Waals surface area contributed by atoms with Crippen molar-refractivity contribution in [1.82, 2.24) is 0 Å². The van der Waals surface area contributed by atoms with Gasteiger partial charge < -0.3 is 24.3 Å². The summed E-state index contributed by atoms with van der Waals surface area (Å²) < 4.78 is 20.8. The second-order valence-corrected chi connectivity index (χ2v) is 7.19. The molecule has 0 saturated carbocycles. The fraction of sp³-hybridized carbons (Fsp3) is 0.192. The van der Waals surface area contributed by atoms with Crippen LogP contribution in [0.1, 0.15) is 33.2 Å². The number of rotatable bonds is 9. The van der Waals surface area contributed by atoms with E-state index in [0.717, 1.165) is 5.56 Å². The molecule has 0 saturated heterocycles. The Balaban J connectivity index is 1.68. The maximum Gasteiger partial charge on any atom is 0.411 e. The molecule has 3 aromatic rings. The lowest BCUT2D eigenvalue weighted by atomic mass is 10.1. The Hall–Kier alpha value is -4.53. The first-order chi connectivity index (χ1) is 16.9. The molecule has 0 spiro atoms. The fourth-order valence-corrected chi connectivity index (χ4v) is 3.14. The van der Waals surface area contributed by atoms with Gasteiger partial charge in [0, 0.05) is 23.4 Å². The highest BCUT2D eigenvalue weighted by Crippen LogP contribution is 2.34. The Morgan fingerprint density at radius 1 is 0.800 bits per heavy atom. The Labute approximate surface area is 203 Å². The number of esters is 1. The quantitative estimate of drug-likeness (QED) is 0.422. The van der Waals surface area contributed by atoms with Crippen LogP contribution < -0.4 is 20.1 Å². The predicted molar refractivity (Wildman–Crippen MR) is 130 cm³/mol. The number of carbonyl (C=O) groups excluding carboxylic acids is 3. The van der Waals surface area contributed by atoms with Crippen LogP contribution >= 0.6 is 0 Å². The zero-order chi connectivity index (χ0) is 25.2. The molecule has 0 atom stereocenters. The summed E-state index contributed by atoms with van der Waals surface area (Å²) in [6.45, 7) is 1.99. The van der Waals surface area contributed by atoms with E-state index in [-0.39, 0.29) is 24.5 Å². The van der Waals surface area contributed by atoms with Crippen molar-refractivity contribution in [2.45, 2.75) is 13.5 Å². The third kappa shape index (κ3) is 6.73. The zero-order valence-electron chi connectivity index (χ0n) is 19.6. The van der Waals surface area contributed by atoms with Crippen molar-refractivity contribution < 1.29 is 33.3 Å². The van der Waals surface area contributed by atoms with E-state index in [4.69, 9.17) is 18.9 Å². The van der Waals surface area contributed by atoms with Crippen molar-refractivity contribution in [3.05, 3.63) is 83.4 Å². The first-order valence-corrected chi connectivity index (χ1v) is 10.8. The van der Waals surface area contributed by atoms with Crippen LogP contribution in [0.4, 0.5) is 16.2 Å². The molecule has 182 valence electrons. The number of carbonyl (C=O) groups is 3. The summed E-state index contributed by atoms with van der Waals surface area (Å²) in [7, 11) is 2.89. The van der Waals surface area contributed by atoms with Gasteiger partial charge >= 0.3 is 12.1 Å². The van der Waals surface area contributed by atoms with Gasteiger partial charge in [-0.3, -0.25) is 10.1 Å². The van der Waals surface area contributed by atoms with E-state index < -0.39 is 18.0 Å². The number of anilines is 2. The molecular formula is C26H26N2O7. The Morgan fingerprint density at radius 3 is 2.09 bits per heavy atom. The summed E-state index contributed by atoms with van der Waals surface area (Å²) >= 11 is 0. The minimum absolute atomic E-state index is 0.122. The van der Waals surface area contributed by atoms with Crippen molar-refractivity contribution in [2.24, 2.45) is 0 Å². The molecule has 9 nitrogen and oxygen atoms in total. The molecule has 0 aromatic heterocycles. The normalized spacial score (nSPS) is 10.1. The molecule has 0 aliphatic carbocycles. The minimum Gasteiger partial charge on any atom is -0.493 e. The van der Waals surface area contributed by atoms with E-state index in [2.05, 4.69) is 10.6 Å². The molecule has 0 bridgehead atoms. The molecule has 0 radical (unpaired) electrons. The van der Waals surface area contributed by atoms with Crippen LogP contribution in [-0.4, -0.2) is 38.8 Å². The van der Waals surface area contributed by atoms with Crippen molar-refractivity contribution in [3.63, 3.8) is 0 Å². The lowest BCUT2D eigenvalue weighted by Crippen LogP contribution is -2.17. The van der Waals surface area contributed by atoms with E-state index in [1.165, 1.54) is 38.5 Å². The van der Waals surface area contributed by atoms with Gasteiger partial charge in [-0.1, -0.05) is 30.3 Å². The van der Waals surface area contributed by atoms with Gasteiger partial charge in [0.05, 0.1) is 32.1 Å². The number of nitrogens with one attached hydrogen (secondary N) is 2. The number of benzene rings is 3. The third-order valence-corrected chi connectivity index (χ3v) is 4.87. The number of hydrogen-bond donors (Lipinski definition) is 2. The average molecular weight is 479 g/mol. The third-order valence-electron chi connectivity index (χ3n) is 4.87. The van der Waals surface area contributed by atoms with Gasteiger partial charge in [0.2, 0.25) is 0 Å². The SMILES string of the molecule is CCOC(=O)c1cc(OC)c(OC)cc1NC(=O)c1ccc(NC(=O)OCc2ccccc2)cc1. The van der Waals surface area contributed by atoms with Gasteiger partial charge in [0.15, 0.2) is 11.5 Å². The molecule has 2 N–H and O–H groups in total. The van der Waals surface area contributed by atoms with Gasteiger partial charge in [-0.05, 0) is 36.8 Å². The molecule has 0 unspecified atom stereocenters. The molecule has 0 aliphatic heterocycles. The monoisotopic (exact) mass is 478 g/mol. The highest BCUT2D eigenvalue weighted by Gasteiger charge is 2.20. The van der Waals surface area contributed by atoms with E-state index in [0.29, 0.717) is 22.7 Å². The maximum atomic E-state index is 12.8. The Bertz CT molecular complexity index is 1180. The second-order valence-electron chi connectivity index (χ2n) is 7.19. The largest absolute Gasteiger partial charge is 0.493 e. The first-order valence-electron chi connectivity index (χ1n) is 10.8. The molecule has 3 aromatic carbocycles. The molecule has 9 heteroatoms. The number of amides is 2. The minimum atomic E-state index is -0.615. The van der Waals surface area contributed by atoms with Gasteiger partial charge in [0.25, 0.3) is 5.91 Å². The van der Waals surface area contributed by atoms with Crippen LogP contribution in [0.5, 0.6) is 11.5 Å². The summed E-state index contributed by atoms with van der Waals surface area (Å²) in [4.78, 5) is 37.3. The van der Waals surface area contributed by atoms with Crippen molar-refractivity contribution in [1.29, 1.82) is 0 Å². The summed E-state index contributed by atoms with van der Waals surface area (Å²) in [6.07, 6.45) is -0.615. The van der Waals surface area contributed by atoms with Crippen molar-refractivity contribution in [3.8, 4) is 11.5 Å². The topological polar surface area (TPSA) is 112 Å². The van der Waals surface area contributed by atoms with Crippen LogP contribution in [0.25, 0.3) is 0 Å². The molecule has 0 heterocycles. The van der Waals surface area contributed by atoms with Gasteiger partial charge in [-0.2, -0.15) is 0 Å². The summed E-state index contributed by atoms with van der Waals surface area (Å²) in [5.74, 6) is -0.425. The Morgan fingerprint density at radius 2 is 1.46 bits per heavy atom. The molecule has 35 heavy (non-hydrogen) atoms. The van der Waals surface area contributed by atoms with Gasteiger partial charge in [0.1, 0.15) is 6.61 Å². The lowest BCUT2D eigenvalue weighted by Gasteiger charge is -2.15. The summed E-state index contributed by atoms with van der Waals surface area (Å²) in [6, 6.07) is 18.4. The van der Waals surface area contributed by atoms with Gasteiger partial charge in [-0.15, -0.1) is 0 Å². The number of methoxy groups -OCH3 is 2. The van der Waals surface area contributed by atoms with E-state index >= 15 is 0 Å². The highest BCUT2D eigenvalue weighted by molar-refractivity contribution is 6.08. The first kappa shape index (κ1) is 25.1. The van der Waals surface area contributed by atoms with Crippen molar-refractivity contribution >= 4 is 29.3 Å². The van der Waals surface area contributed by atoms with E-state index in [9.17, 15) is 14.4 Å². The van der Waals surface area contributed by atoms with E-state index in [1.54, 1.807) is 19.1 Å². The maximum absolute atomic E-state index is 12.8. The molecule has 0 fully saturated rings. The second kappa shape index (κ2) is 12.1. The van der Waals surface area contributed by atoms with Crippen LogP contribution in [0, 0.1) is 0 Å². The Kier molecular flexibility index (Phi) is 8.66. The lowest BCUT2D eigenvalue weighted by molar-refractivity contribution is 0.0527. The van der Waals surface area contributed by atoms with E-state index in [1.807, 2.05) is 30.3 Å². The molecule has 3 rings (SSSR count). The van der Waals surface area contributed by atoms with Crippen LogP contribution in [0.2, 0.25) is 0 Å². The smallest absolute Gasteiger partial charge is 0.411 e. The van der Waals surface area contributed by atoms with Crippen LogP contribution in [0.15, 0.2) is 66.7 Å². The standard InChI is InChI=1S/C26H26N2O7/c1-4-34-25(30)20-14-22(32-2)23(33-3)15-21(20)28-24(29)18-10-12-19(13-11-18)27-26(31)35-16-17-8-6-5-7-9-17/h5-15H,4,16H2,1-3H3,(H,27,31)(H,28,29). The molecular weight excluding hydrogens is 452 g/mol. The van der Waals surface area contributed by atoms with Crippen molar-refractivity contribution in [2.75, 3.05) is 31.5 Å². The molecule has 0 aliphatic rings. The van der Waals surface area contributed by atoms with Gasteiger partial charge in [-0.25, -0.2) is 9.59 Å². The highest BCUT2D eigenvalue weighted by atomic mass is 16.5. The molecule has 2 amide bonds. The number of hydrogen-bond acceptors (Lipinski definition) is 7.